The second-order valence-corrected chi connectivity index (χ2v) is 4.00. The van der Waals surface area contributed by atoms with E-state index in [1.807, 2.05) is 0 Å². The van der Waals surface area contributed by atoms with Crippen molar-refractivity contribution in [2.45, 2.75) is 4.90 Å². The molecule has 0 unspecified atom stereocenters. The zero-order valence-electron chi connectivity index (χ0n) is 7.11. The normalized spacial score (nSPS) is 11.3. The molecule has 0 saturated carbocycles. The fraction of sp³-hybridized carbons (Fsp3) is 0. The Morgan fingerprint density at radius 2 is 1.93 bits per heavy atom. The fourth-order valence-corrected chi connectivity index (χ4v) is 1.60. The number of nitrogens with two attached hydrogens (primary N) is 1. The fourth-order valence-electron chi connectivity index (χ4n) is 0.922. The van der Waals surface area contributed by atoms with E-state index in [0.29, 0.717) is 12.1 Å². The summed E-state index contributed by atoms with van der Waals surface area (Å²) in [7, 11) is -4.75. The number of hydrogen-bond donors (Lipinski definition) is 3. The molecule has 4 N–H and O–H groups in total. The van der Waals surface area contributed by atoms with Gasteiger partial charge in [-0.3, -0.25) is 14.7 Å². The van der Waals surface area contributed by atoms with Crippen molar-refractivity contribution in [3.63, 3.8) is 0 Å². The first-order valence-electron chi connectivity index (χ1n) is 3.48. The molecular formula is C6H6N2O6S. The lowest BCUT2D eigenvalue weighted by atomic mass is 10.2. The summed E-state index contributed by atoms with van der Waals surface area (Å²) in [6.07, 6.45) is 0. The van der Waals surface area contributed by atoms with Gasteiger partial charge in [0.2, 0.25) is 0 Å². The van der Waals surface area contributed by atoms with Gasteiger partial charge in [0.25, 0.3) is 5.69 Å². The Bertz CT molecular complexity index is 523. The molecule has 15 heavy (non-hydrogen) atoms. The van der Waals surface area contributed by atoms with Gasteiger partial charge in [0.1, 0.15) is 5.75 Å². The van der Waals surface area contributed by atoms with Crippen LogP contribution in [0.4, 0.5) is 11.4 Å². The molecule has 0 saturated heterocycles. The van der Waals surface area contributed by atoms with Crippen molar-refractivity contribution in [1.82, 2.24) is 0 Å². The minimum atomic E-state index is -4.75. The van der Waals surface area contributed by atoms with Gasteiger partial charge in [-0.15, -0.1) is 0 Å². The molecule has 0 amide bonds. The van der Waals surface area contributed by atoms with Crippen molar-refractivity contribution >= 4 is 21.5 Å². The van der Waals surface area contributed by atoms with Crippen LogP contribution in [-0.4, -0.2) is 23.0 Å². The molecule has 0 radical (unpaired) electrons. The van der Waals surface area contributed by atoms with Gasteiger partial charge >= 0.3 is 10.1 Å². The number of anilines is 1. The zero-order chi connectivity index (χ0) is 11.8. The monoisotopic (exact) mass is 234 g/mol. The summed E-state index contributed by atoms with van der Waals surface area (Å²) in [6, 6.07) is 1.17. The number of nitro groups is 1. The molecule has 0 bridgehead atoms. The number of nitrogen functional groups attached to an aromatic ring is 1. The number of benzene rings is 1. The van der Waals surface area contributed by atoms with Crippen molar-refractivity contribution in [2.24, 2.45) is 0 Å². The van der Waals surface area contributed by atoms with E-state index >= 15 is 0 Å². The number of hydrogen-bond acceptors (Lipinski definition) is 6. The number of aromatic hydroxyl groups is 1. The van der Waals surface area contributed by atoms with Crippen molar-refractivity contribution in [3.05, 3.63) is 22.2 Å². The van der Waals surface area contributed by atoms with E-state index in [0.717, 1.165) is 0 Å². The summed E-state index contributed by atoms with van der Waals surface area (Å²) in [5.74, 6) is -0.630. The minimum absolute atomic E-state index is 0.381. The molecule has 82 valence electrons. The first kappa shape index (κ1) is 11.2. The van der Waals surface area contributed by atoms with Crippen LogP contribution in [0, 0.1) is 10.1 Å². The van der Waals surface area contributed by atoms with Gasteiger partial charge in [0.05, 0.1) is 16.7 Å². The Morgan fingerprint density at radius 3 is 2.33 bits per heavy atom. The third kappa shape index (κ3) is 2.14. The van der Waals surface area contributed by atoms with Crippen LogP contribution < -0.4 is 5.73 Å². The molecule has 1 aromatic rings. The lowest BCUT2D eigenvalue weighted by Crippen LogP contribution is -2.04. The lowest BCUT2D eigenvalue weighted by molar-refractivity contribution is -0.387. The van der Waals surface area contributed by atoms with Gasteiger partial charge in [-0.1, -0.05) is 0 Å². The van der Waals surface area contributed by atoms with Crippen LogP contribution >= 0.6 is 0 Å². The van der Waals surface area contributed by atoms with E-state index in [9.17, 15) is 18.5 Å². The summed E-state index contributed by atoms with van der Waals surface area (Å²) in [6.45, 7) is 0. The van der Waals surface area contributed by atoms with Gasteiger partial charge < -0.3 is 10.8 Å². The maximum Gasteiger partial charge on any atom is 0.301 e. The van der Waals surface area contributed by atoms with Crippen LogP contribution in [-0.2, 0) is 10.1 Å². The van der Waals surface area contributed by atoms with Gasteiger partial charge in [-0.05, 0) is 6.07 Å². The lowest BCUT2D eigenvalue weighted by Gasteiger charge is -2.02. The van der Waals surface area contributed by atoms with Crippen molar-refractivity contribution in [1.29, 1.82) is 0 Å². The van der Waals surface area contributed by atoms with E-state index in [1.165, 1.54) is 0 Å². The molecule has 0 aliphatic carbocycles. The highest BCUT2D eigenvalue weighted by Crippen LogP contribution is 2.32. The molecule has 0 heterocycles. The predicted octanol–water partition coefficient (Wildman–Crippen LogP) is 0.129. The minimum Gasteiger partial charge on any atom is -0.506 e. The molecule has 0 atom stereocenters. The third-order valence-electron chi connectivity index (χ3n) is 1.58. The average Bonchev–Trinajstić information content (AvgIpc) is 2.06. The number of nitrogens with zero attached hydrogens (tertiary/aromatic N) is 1. The SMILES string of the molecule is Nc1cc(S(=O)(=O)O)c([N+](=O)[O-])cc1O. The zero-order valence-corrected chi connectivity index (χ0v) is 7.93. The number of phenols is 1. The molecule has 0 aromatic heterocycles. The standard InChI is InChI=1S/C6H6N2O6S/c7-3-1-6(15(12,13)14)4(8(10)11)2-5(3)9/h1-2,9H,7H2,(H,12,13,14). The Hall–Kier alpha value is -1.87. The summed E-state index contributed by atoms with van der Waals surface area (Å²) in [4.78, 5) is 8.40. The molecule has 8 nitrogen and oxygen atoms in total. The van der Waals surface area contributed by atoms with Gasteiger partial charge in [0, 0.05) is 0 Å². The summed E-state index contributed by atoms with van der Waals surface area (Å²) >= 11 is 0. The Labute approximate surface area is 83.8 Å². The van der Waals surface area contributed by atoms with Crippen LogP contribution in [0.5, 0.6) is 5.75 Å². The molecule has 9 heteroatoms. The van der Waals surface area contributed by atoms with Crippen molar-refractivity contribution in [2.75, 3.05) is 5.73 Å². The van der Waals surface area contributed by atoms with Crippen molar-refractivity contribution < 1.29 is 23.0 Å². The maximum atomic E-state index is 10.7. The van der Waals surface area contributed by atoms with Crippen molar-refractivity contribution in [3.8, 4) is 5.75 Å². The van der Waals surface area contributed by atoms with E-state index in [1.54, 1.807) is 0 Å². The molecule has 0 aliphatic rings. The Kier molecular flexibility index (Phi) is 2.51. The van der Waals surface area contributed by atoms with Crippen LogP contribution in [0.25, 0.3) is 0 Å². The second-order valence-electron chi connectivity index (χ2n) is 2.61. The molecule has 0 aliphatic heterocycles. The first-order valence-corrected chi connectivity index (χ1v) is 4.92. The second kappa shape index (κ2) is 3.37. The summed E-state index contributed by atoms with van der Waals surface area (Å²) in [5, 5.41) is 19.4. The van der Waals surface area contributed by atoms with E-state index in [4.69, 9.17) is 15.4 Å². The molecule has 0 fully saturated rings. The van der Waals surface area contributed by atoms with Crippen LogP contribution in [0.2, 0.25) is 0 Å². The number of rotatable bonds is 2. The number of phenolic OH excluding ortho intramolecular Hbond substituents is 1. The van der Waals surface area contributed by atoms with Crippen LogP contribution in [0.15, 0.2) is 17.0 Å². The first-order chi connectivity index (χ1) is 6.73. The largest absolute Gasteiger partial charge is 0.506 e. The maximum absolute atomic E-state index is 10.7. The van der Waals surface area contributed by atoms with E-state index in [2.05, 4.69) is 0 Å². The molecule has 0 spiro atoms. The van der Waals surface area contributed by atoms with Gasteiger partial charge in [0.15, 0.2) is 4.90 Å². The topological polar surface area (TPSA) is 144 Å². The predicted molar refractivity (Wildman–Crippen MR) is 49.0 cm³/mol. The summed E-state index contributed by atoms with van der Waals surface area (Å²) < 4.78 is 30.1. The molecule has 1 rings (SSSR count). The van der Waals surface area contributed by atoms with Crippen LogP contribution in [0.3, 0.4) is 0 Å². The molecular weight excluding hydrogens is 228 g/mol. The summed E-state index contributed by atoms with van der Waals surface area (Å²) in [5.41, 5.74) is 3.82. The highest BCUT2D eigenvalue weighted by Gasteiger charge is 2.25. The Balaban J connectivity index is 3.64. The quantitative estimate of drug-likeness (QED) is 0.217. The number of nitro benzene ring substituents is 1. The molecule has 1 aromatic carbocycles. The Morgan fingerprint density at radius 1 is 1.40 bits per heavy atom. The third-order valence-corrected chi connectivity index (χ3v) is 2.47. The van der Waals surface area contributed by atoms with E-state index < -0.39 is 31.4 Å². The van der Waals surface area contributed by atoms with Crippen LogP contribution in [0.1, 0.15) is 0 Å². The van der Waals surface area contributed by atoms with E-state index in [-0.39, 0.29) is 5.69 Å². The van der Waals surface area contributed by atoms with Gasteiger partial charge in [-0.25, -0.2) is 0 Å². The smallest absolute Gasteiger partial charge is 0.301 e. The average molecular weight is 234 g/mol. The van der Waals surface area contributed by atoms with Gasteiger partial charge in [-0.2, -0.15) is 8.42 Å². The highest BCUT2D eigenvalue weighted by atomic mass is 32.2. The highest BCUT2D eigenvalue weighted by molar-refractivity contribution is 7.86.